The molecule has 0 radical (unpaired) electrons. The maximum absolute atomic E-state index is 13.0. The Bertz CT molecular complexity index is 1040. The molecule has 0 bridgehead atoms. The highest BCUT2D eigenvalue weighted by atomic mass is 16.2. The fourth-order valence-corrected chi connectivity index (χ4v) is 4.51. The smallest absolute Gasteiger partial charge is 0.255 e. The summed E-state index contributed by atoms with van der Waals surface area (Å²) in [6.45, 7) is 5.13. The van der Waals surface area contributed by atoms with Crippen molar-refractivity contribution < 1.29 is 14.4 Å². The maximum atomic E-state index is 13.0. The fraction of sp³-hybridized carbons (Fsp3) is 0.476. The van der Waals surface area contributed by atoms with Gasteiger partial charge in [0.05, 0.1) is 17.6 Å². The number of fused-ring (bicyclic) bond motifs is 1. The van der Waals surface area contributed by atoms with Crippen molar-refractivity contribution in [2.45, 2.75) is 32.0 Å². The molecule has 1 atom stereocenters. The monoisotopic (exact) mass is 423 g/mol. The molecule has 5 rings (SSSR count). The topological polar surface area (TPSA) is 104 Å². The van der Waals surface area contributed by atoms with Crippen LogP contribution < -0.4 is 5.32 Å². The summed E-state index contributed by atoms with van der Waals surface area (Å²) < 4.78 is 1.71. The zero-order valence-electron chi connectivity index (χ0n) is 17.5. The third-order valence-corrected chi connectivity index (χ3v) is 6.33. The number of piperidine rings is 1. The van der Waals surface area contributed by atoms with Crippen molar-refractivity contribution in [3.63, 3.8) is 0 Å². The van der Waals surface area contributed by atoms with Gasteiger partial charge in [-0.2, -0.15) is 0 Å². The Balaban J connectivity index is 1.36. The van der Waals surface area contributed by atoms with Gasteiger partial charge in [-0.1, -0.05) is 11.3 Å². The number of imide groups is 1. The molecule has 10 nitrogen and oxygen atoms in total. The van der Waals surface area contributed by atoms with Gasteiger partial charge in [0, 0.05) is 56.8 Å². The number of hydrogen-bond acceptors (Lipinski definition) is 7. The molecule has 2 fully saturated rings. The average Bonchev–Trinajstić information content (AvgIpc) is 3.35. The van der Waals surface area contributed by atoms with Gasteiger partial charge in [-0.05, 0) is 25.6 Å². The van der Waals surface area contributed by atoms with Crippen LogP contribution >= 0.6 is 0 Å². The van der Waals surface area contributed by atoms with Crippen LogP contribution in [0.15, 0.2) is 24.4 Å². The molecular weight excluding hydrogens is 398 g/mol. The minimum Gasteiger partial charge on any atom is -0.322 e. The van der Waals surface area contributed by atoms with Crippen LogP contribution in [0.3, 0.4) is 0 Å². The molecule has 4 heterocycles. The highest BCUT2D eigenvalue weighted by Crippen LogP contribution is 2.31. The average molecular weight is 423 g/mol. The SMILES string of the molecule is CN1CCN(Cc2cn(-c3cccc4c3CN(C3CCC(=O)NC3=O)C4=O)nn2)CC1. The molecule has 1 N–H and O–H groups in total. The van der Waals surface area contributed by atoms with Crippen LogP contribution in [0, 0.1) is 0 Å². The van der Waals surface area contributed by atoms with E-state index in [-0.39, 0.29) is 18.2 Å². The summed E-state index contributed by atoms with van der Waals surface area (Å²) in [5.41, 5.74) is 3.07. The summed E-state index contributed by atoms with van der Waals surface area (Å²) in [5.74, 6) is -0.889. The molecule has 1 aromatic carbocycles. The maximum Gasteiger partial charge on any atom is 0.255 e. The molecule has 10 heteroatoms. The van der Waals surface area contributed by atoms with Gasteiger partial charge in [-0.3, -0.25) is 24.6 Å². The van der Waals surface area contributed by atoms with Crippen molar-refractivity contribution >= 4 is 17.7 Å². The summed E-state index contributed by atoms with van der Waals surface area (Å²) in [4.78, 5) is 43.0. The molecule has 1 unspecified atom stereocenters. The van der Waals surface area contributed by atoms with Gasteiger partial charge in [-0.25, -0.2) is 4.68 Å². The van der Waals surface area contributed by atoms with Gasteiger partial charge < -0.3 is 9.80 Å². The highest BCUT2D eigenvalue weighted by Gasteiger charge is 2.40. The van der Waals surface area contributed by atoms with Crippen LogP contribution in [0.5, 0.6) is 0 Å². The molecular formula is C21H25N7O3. The third-order valence-electron chi connectivity index (χ3n) is 6.33. The predicted octanol–water partition coefficient (Wildman–Crippen LogP) is -0.224. The van der Waals surface area contributed by atoms with Crippen LogP contribution in [0.2, 0.25) is 0 Å². The lowest BCUT2D eigenvalue weighted by Crippen LogP contribution is -2.52. The second kappa shape index (κ2) is 7.86. The van der Waals surface area contributed by atoms with Gasteiger partial charge in [0.1, 0.15) is 6.04 Å². The number of nitrogens with one attached hydrogen (secondary N) is 1. The minimum atomic E-state index is -0.631. The van der Waals surface area contributed by atoms with E-state index >= 15 is 0 Å². The van der Waals surface area contributed by atoms with E-state index in [1.54, 1.807) is 15.6 Å². The van der Waals surface area contributed by atoms with Gasteiger partial charge in [0.15, 0.2) is 0 Å². The van der Waals surface area contributed by atoms with Gasteiger partial charge in [0.2, 0.25) is 11.8 Å². The van der Waals surface area contributed by atoms with Crippen molar-refractivity contribution in [2.75, 3.05) is 33.2 Å². The first-order valence-corrected chi connectivity index (χ1v) is 10.6. The first-order valence-electron chi connectivity index (χ1n) is 10.6. The zero-order chi connectivity index (χ0) is 21.5. The second-order valence-electron chi connectivity index (χ2n) is 8.44. The summed E-state index contributed by atoms with van der Waals surface area (Å²) in [6.07, 6.45) is 2.49. The Morgan fingerprint density at radius 3 is 2.71 bits per heavy atom. The van der Waals surface area contributed by atoms with E-state index in [0.717, 1.165) is 49.7 Å². The van der Waals surface area contributed by atoms with Crippen molar-refractivity contribution in [2.24, 2.45) is 0 Å². The Hall–Kier alpha value is -3.11. The van der Waals surface area contributed by atoms with E-state index in [4.69, 9.17) is 0 Å². The van der Waals surface area contributed by atoms with Gasteiger partial charge in [-0.15, -0.1) is 5.10 Å². The summed E-state index contributed by atoms with van der Waals surface area (Å²) in [5, 5.41) is 11.0. The van der Waals surface area contributed by atoms with Crippen LogP contribution in [-0.2, 0) is 22.7 Å². The number of benzene rings is 1. The number of carbonyl (C=O) groups excluding carboxylic acids is 3. The normalized spacial score (nSPS) is 22.7. The standard InChI is InChI=1S/C21H25N7O3/c1-25-7-9-26(10-8-25)11-14-12-28(24-23-14)17-4-2-3-15-16(17)13-27(21(15)31)18-5-6-19(29)22-20(18)30/h2-4,12,18H,5-11,13H2,1H3,(H,22,29,30). The van der Waals surface area contributed by atoms with Gasteiger partial charge in [0.25, 0.3) is 5.91 Å². The van der Waals surface area contributed by atoms with Crippen LogP contribution in [-0.4, -0.2) is 86.7 Å². The summed E-state index contributed by atoms with van der Waals surface area (Å²) >= 11 is 0. The molecule has 0 saturated carbocycles. The number of nitrogens with zero attached hydrogens (tertiary/aromatic N) is 6. The number of rotatable bonds is 4. The molecule has 3 aliphatic heterocycles. The Kier molecular flexibility index (Phi) is 5.03. The second-order valence-corrected chi connectivity index (χ2v) is 8.44. The van der Waals surface area contributed by atoms with E-state index in [2.05, 4.69) is 32.5 Å². The van der Waals surface area contributed by atoms with Crippen molar-refractivity contribution in [1.82, 2.24) is 35.0 Å². The van der Waals surface area contributed by atoms with Crippen LogP contribution in [0.25, 0.3) is 5.69 Å². The summed E-state index contributed by atoms with van der Waals surface area (Å²) in [6, 6.07) is 4.87. The first kappa shape index (κ1) is 19.8. The predicted molar refractivity (Wildman–Crippen MR) is 110 cm³/mol. The molecule has 2 aromatic rings. The van der Waals surface area contributed by atoms with Crippen molar-refractivity contribution in [1.29, 1.82) is 0 Å². The highest BCUT2D eigenvalue weighted by molar-refractivity contribution is 6.05. The number of hydrogen-bond donors (Lipinski definition) is 1. The Morgan fingerprint density at radius 2 is 1.94 bits per heavy atom. The van der Waals surface area contributed by atoms with E-state index in [1.165, 1.54) is 0 Å². The Labute approximate surface area is 179 Å². The first-order chi connectivity index (χ1) is 15.0. The minimum absolute atomic E-state index is 0.191. The van der Waals surface area contributed by atoms with Crippen LogP contribution in [0.1, 0.15) is 34.5 Å². The molecule has 0 aliphatic carbocycles. The van der Waals surface area contributed by atoms with Crippen molar-refractivity contribution in [3.8, 4) is 5.69 Å². The molecule has 0 spiro atoms. The van der Waals surface area contributed by atoms with Crippen molar-refractivity contribution in [3.05, 3.63) is 41.2 Å². The number of carbonyl (C=O) groups is 3. The van der Waals surface area contributed by atoms with Crippen LogP contribution in [0.4, 0.5) is 0 Å². The lowest BCUT2D eigenvalue weighted by atomic mass is 10.0. The fourth-order valence-electron chi connectivity index (χ4n) is 4.51. The molecule has 162 valence electrons. The lowest BCUT2D eigenvalue weighted by Gasteiger charge is -2.31. The zero-order valence-corrected chi connectivity index (χ0v) is 17.5. The Morgan fingerprint density at radius 1 is 1.13 bits per heavy atom. The van der Waals surface area contributed by atoms with E-state index in [0.29, 0.717) is 18.5 Å². The molecule has 3 aliphatic rings. The molecule has 3 amide bonds. The largest absolute Gasteiger partial charge is 0.322 e. The number of aromatic nitrogens is 3. The molecule has 2 saturated heterocycles. The number of likely N-dealkylation sites (N-methyl/N-ethyl adjacent to an activating group) is 1. The van der Waals surface area contributed by atoms with Gasteiger partial charge >= 0.3 is 0 Å². The van der Waals surface area contributed by atoms with E-state index in [1.807, 2.05) is 18.3 Å². The van der Waals surface area contributed by atoms with E-state index in [9.17, 15) is 14.4 Å². The number of piperazine rings is 1. The summed E-state index contributed by atoms with van der Waals surface area (Å²) in [7, 11) is 2.13. The molecule has 31 heavy (non-hydrogen) atoms. The molecule has 1 aromatic heterocycles. The third kappa shape index (κ3) is 3.72. The lowest BCUT2D eigenvalue weighted by molar-refractivity contribution is -0.136. The number of amides is 3. The van der Waals surface area contributed by atoms with E-state index < -0.39 is 11.9 Å². The quantitative estimate of drug-likeness (QED) is 0.678.